The van der Waals surface area contributed by atoms with E-state index in [1.54, 1.807) is 0 Å². The summed E-state index contributed by atoms with van der Waals surface area (Å²) < 4.78 is 69.2. The van der Waals surface area contributed by atoms with Gasteiger partial charge in [0.25, 0.3) is 0 Å². The van der Waals surface area contributed by atoms with E-state index in [1.165, 1.54) is 0 Å². The molecule has 0 amide bonds. The van der Waals surface area contributed by atoms with Crippen LogP contribution in [-0.4, -0.2) is 119 Å². The van der Waals surface area contributed by atoms with E-state index in [9.17, 15) is 0 Å². The molecule has 0 saturated carbocycles. The van der Waals surface area contributed by atoms with E-state index in [0.717, 1.165) is 0 Å². The highest BCUT2D eigenvalue weighted by Gasteiger charge is 2.08. The summed E-state index contributed by atoms with van der Waals surface area (Å²) in [4.78, 5) is 0. The zero-order valence-corrected chi connectivity index (χ0v) is 24.1. The molecule has 0 aliphatic carbocycles. The molecule has 0 spiro atoms. The van der Waals surface area contributed by atoms with E-state index in [4.69, 9.17) is 56.8 Å². The SMILES string of the molecule is c1c2cc3cc1OCCOCCOCCOc1cc(cc(c1)OCCOCCOCCO3)OCCOCCOCCO2. The van der Waals surface area contributed by atoms with E-state index in [-0.39, 0.29) is 0 Å². The lowest BCUT2D eigenvalue weighted by molar-refractivity contribution is 0.0246. The summed E-state index contributed by atoms with van der Waals surface area (Å²) in [6, 6.07) is 10.9. The molecule has 0 N–H and O–H groups in total. The number of benzene rings is 2. The Morgan fingerprint density at radius 2 is 0.357 bits per heavy atom. The summed E-state index contributed by atoms with van der Waals surface area (Å²) >= 11 is 0. The molecule has 42 heavy (non-hydrogen) atoms. The highest BCUT2D eigenvalue weighted by molar-refractivity contribution is 5.43. The predicted octanol–water partition coefficient (Wildman–Crippen LogP) is 2.79. The van der Waals surface area contributed by atoms with Gasteiger partial charge in [-0.2, -0.15) is 0 Å². The average molecular weight is 595 g/mol. The van der Waals surface area contributed by atoms with Gasteiger partial charge in [0.2, 0.25) is 0 Å². The van der Waals surface area contributed by atoms with Crippen LogP contribution in [0.15, 0.2) is 36.4 Å². The van der Waals surface area contributed by atoms with Crippen LogP contribution in [0.5, 0.6) is 34.5 Å². The lowest BCUT2D eigenvalue weighted by Gasteiger charge is -2.15. The van der Waals surface area contributed by atoms with Gasteiger partial charge in [0.05, 0.1) is 79.3 Å². The summed E-state index contributed by atoms with van der Waals surface area (Å²) in [5.74, 6) is 3.68. The molecule has 3 heterocycles. The number of rotatable bonds is 0. The smallest absolute Gasteiger partial charge is 0.126 e. The van der Waals surface area contributed by atoms with E-state index in [0.29, 0.717) is 153 Å². The van der Waals surface area contributed by atoms with Crippen LogP contribution in [0.1, 0.15) is 0 Å². The van der Waals surface area contributed by atoms with Gasteiger partial charge in [0.1, 0.15) is 74.1 Å². The number of fused-ring (bicyclic) bond motifs is 27. The van der Waals surface area contributed by atoms with Crippen molar-refractivity contribution in [2.45, 2.75) is 0 Å². The van der Waals surface area contributed by atoms with E-state index in [1.807, 2.05) is 36.4 Å². The number of hydrogen-bond donors (Lipinski definition) is 0. The first-order valence-electron chi connectivity index (χ1n) is 14.4. The molecule has 6 bridgehead atoms. The molecule has 3 aliphatic rings. The van der Waals surface area contributed by atoms with Crippen molar-refractivity contribution >= 4 is 0 Å². The maximum Gasteiger partial charge on any atom is 0.126 e. The summed E-state index contributed by atoms with van der Waals surface area (Å²) in [7, 11) is 0. The molecule has 0 radical (unpaired) electrons. The Morgan fingerprint density at radius 1 is 0.214 bits per heavy atom. The highest BCUT2D eigenvalue weighted by atomic mass is 16.6. The van der Waals surface area contributed by atoms with Crippen LogP contribution in [0.2, 0.25) is 0 Å². The molecule has 0 unspecified atom stereocenters. The minimum atomic E-state index is 0.362. The van der Waals surface area contributed by atoms with Crippen LogP contribution < -0.4 is 28.4 Å². The Bertz CT molecular complexity index is 776. The first-order chi connectivity index (χ1) is 20.8. The Kier molecular flexibility index (Phi) is 15.2. The van der Waals surface area contributed by atoms with Crippen molar-refractivity contribution in [3.05, 3.63) is 36.4 Å². The zero-order valence-electron chi connectivity index (χ0n) is 24.1. The Balaban J connectivity index is 1.42. The maximum absolute atomic E-state index is 5.89. The topological polar surface area (TPSA) is 111 Å². The van der Waals surface area contributed by atoms with Crippen LogP contribution in [0, 0.1) is 0 Å². The summed E-state index contributed by atoms with van der Waals surface area (Å²) in [6.45, 7) is 7.23. The van der Waals surface area contributed by atoms with Gasteiger partial charge < -0.3 is 56.8 Å². The van der Waals surface area contributed by atoms with Crippen LogP contribution in [0.25, 0.3) is 0 Å². The third-order valence-corrected chi connectivity index (χ3v) is 5.80. The molecular weight excluding hydrogens is 552 g/mol. The fourth-order valence-corrected chi connectivity index (χ4v) is 3.87. The molecule has 12 nitrogen and oxygen atoms in total. The lowest BCUT2D eigenvalue weighted by atomic mass is 10.3. The third-order valence-electron chi connectivity index (χ3n) is 5.80. The van der Waals surface area contributed by atoms with Crippen molar-refractivity contribution in [3.63, 3.8) is 0 Å². The molecule has 0 fully saturated rings. The van der Waals surface area contributed by atoms with Gasteiger partial charge >= 0.3 is 0 Å². The van der Waals surface area contributed by atoms with Crippen LogP contribution >= 0.6 is 0 Å². The molecule has 2 aromatic carbocycles. The van der Waals surface area contributed by atoms with Crippen molar-refractivity contribution in [3.8, 4) is 34.5 Å². The first kappa shape index (κ1) is 31.9. The minimum absolute atomic E-state index is 0.362. The van der Waals surface area contributed by atoms with Crippen LogP contribution in [-0.2, 0) is 28.4 Å². The average Bonchev–Trinajstić information content (AvgIpc) is 2.99. The largest absolute Gasteiger partial charge is 0.491 e. The normalized spacial score (nSPS) is 19.7. The molecule has 3 aliphatic heterocycles. The van der Waals surface area contributed by atoms with Crippen LogP contribution in [0.3, 0.4) is 0 Å². The van der Waals surface area contributed by atoms with Gasteiger partial charge in [-0.05, 0) is 0 Å². The van der Waals surface area contributed by atoms with Crippen molar-refractivity contribution in [1.29, 1.82) is 0 Å². The Hall–Kier alpha value is -3.00. The van der Waals surface area contributed by atoms with Crippen LogP contribution in [0.4, 0.5) is 0 Å². The van der Waals surface area contributed by atoms with Gasteiger partial charge in [-0.15, -0.1) is 0 Å². The van der Waals surface area contributed by atoms with E-state index in [2.05, 4.69) is 0 Å². The van der Waals surface area contributed by atoms with Crippen molar-refractivity contribution < 1.29 is 56.8 Å². The molecule has 234 valence electrons. The van der Waals surface area contributed by atoms with Crippen molar-refractivity contribution in [2.24, 2.45) is 0 Å². The van der Waals surface area contributed by atoms with Gasteiger partial charge in [0.15, 0.2) is 0 Å². The van der Waals surface area contributed by atoms with Gasteiger partial charge in [-0.25, -0.2) is 0 Å². The fraction of sp³-hybridized carbons (Fsp3) is 0.600. The standard InChI is InChI=1S/C30H42O12/c1-2-32-8-14-38-26-21-29-24-30(22-26)42-18-12-36-6-4-34-10-16-40-28-20-25(37-13-7-31-1)19-27(23-28)39-15-9-33-3-5-35-11-17-41-29/h19-24H,1-18H2. The maximum atomic E-state index is 5.89. The van der Waals surface area contributed by atoms with Gasteiger partial charge in [-0.1, -0.05) is 0 Å². The zero-order chi connectivity index (χ0) is 28.9. The molecule has 0 atom stereocenters. The monoisotopic (exact) mass is 594 g/mol. The van der Waals surface area contributed by atoms with Crippen molar-refractivity contribution in [1.82, 2.24) is 0 Å². The molecule has 5 rings (SSSR count). The highest BCUT2D eigenvalue weighted by Crippen LogP contribution is 2.29. The molecule has 0 saturated heterocycles. The number of ether oxygens (including phenoxy) is 12. The first-order valence-corrected chi connectivity index (χ1v) is 14.4. The van der Waals surface area contributed by atoms with E-state index >= 15 is 0 Å². The summed E-state index contributed by atoms with van der Waals surface area (Å²) in [5, 5.41) is 0. The molecule has 0 aromatic heterocycles. The second-order valence-electron chi connectivity index (χ2n) is 9.05. The number of hydrogen-bond acceptors (Lipinski definition) is 12. The minimum Gasteiger partial charge on any atom is -0.491 e. The van der Waals surface area contributed by atoms with Crippen molar-refractivity contribution in [2.75, 3.05) is 119 Å². The lowest BCUT2D eigenvalue weighted by Crippen LogP contribution is -2.15. The van der Waals surface area contributed by atoms with Gasteiger partial charge in [0, 0.05) is 36.4 Å². The second-order valence-corrected chi connectivity index (χ2v) is 9.05. The quantitative estimate of drug-likeness (QED) is 0.418. The second kappa shape index (κ2) is 20.0. The summed E-state index contributed by atoms with van der Waals surface area (Å²) in [5.41, 5.74) is 0. The summed E-state index contributed by atoms with van der Waals surface area (Å²) in [6.07, 6.45) is 0. The molecule has 2 aromatic rings. The van der Waals surface area contributed by atoms with Gasteiger partial charge in [-0.3, -0.25) is 0 Å². The molecular formula is C30H42O12. The van der Waals surface area contributed by atoms with E-state index < -0.39 is 0 Å². The Labute approximate surface area is 246 Å². The third kappa shape index (κ3) is 13.3. The molecule has 12 heteroatoms. The fourth-order valence-electron chi connectivity index (χ4n) is 3.87. The Morgan fingerprint density at radius 3 is 0.524 bits per heavy atom. The predicted molar refractivity (Wildman–Crippen MR) is 151 cm³/mol.